The van der Waals surface area contributed by atoms with Crippen molar-refractivity contribution in [3.63, 3.8) is 0 Å². The number of carbonyl (C=O) groups is 1. The van der Waals surface area contributed by atoms with Gasteiger partial charge in [-0.25, -0.2) is 0 Å². The van der Waals surface area contributed by atoms with E-state index in [-0.39, 0.29) is 0 Å². The van der Waals surface area contributed by atoms with E-state index in [0.29, 0.717) is 12.8 Å². The Hall–Kier alpha value is -1.75. The van der Waals surface area contributed by atoms with Crippen molar-refractivity contribution in [1.29, 1.82) is 0 Å². The van der Waals surface area contributed by atoms with Gasteiger partial charge in [-0.15, -0.1) is 0 Å². The fourth-order valence-electron chi connectivity index (χ4n) is 2.03. The molecule has 0 bridgehead atoms. The van der Waals surface area contributed by atoms with Crippen LogP contribution in [0.5, 0.6) is 5.75 Å². The summed E-state index contributed by atoms with van der Waals surface area (Å²) in [5.41, 5.74) is 5.83. The van der Waals surface area contributed by atoms with Gasteiger partial charge in [-0.05, 0) is 43.5 Å². The lowest BCUT2D eigenvalue weighted by atomic mass is 9.92. The van der Waals surface area contributed by atoms with Crippen molar-refractivity contribution in [1.82, 2.24) is 0 Å². The molecule has 1 aromatic carbocycles. The number of carboxylic acids is 1. The van der Waals surface area contributed by atoms with Gasteiger partial charge in [0.15, 0.2) is 0 Å². The first kappa shape index (κ1) is 16.3. The summed E-state index contributed by atoms with van der Waals surface area (Å²) in [6, 6.07) is 7.77. The van der Waals surface area contributed by atoms with Crippen LogP contribution >= 0.6 is 0 Å². The molecule has 0 fully saturated rings. The van der Waals surface area contributed by atoms with E-state index in [1.165, 1.54) is 0 Å². The standard InChI is InChI=1S/C15H24N2O3/c1-4-15(16,14(18)19)10-5-11-17(2)12-6-8-13(20-3)9-7-12/h6-9H,4-5,10-11,16H2,1-3H3,(H,18,19). The summed E-state index contributed by atoms with van der Waals surface area (Å²) in [6.07, 6.45) is 1.65. The third kappa shape index (κ3) is 4.13. The number of carboxylic acid groups (broad SMARTS) is 1. The Balaban J connectivity index is 2.50. The minimum absolute atomic E-state index is 0.439. The van der Waals surface area contributed by atoms with Crippen LogP contribution < -0.4 is 15.4 Å². The smallest absolute Gasteiger partial charge is 0.323 e. The van der Waals surface area contributed by atoms with Gasteiger partial charge in [0.1, 0.15) is 11.3 Å². The molecule has 1 rings (SSSR count). The van der Waals surface area contributed by atoms with Crippen molar-refractivity contribution >= 4 is 11.7 Å². The summed E-state index contributed by atoms with van der Waals surface area (Å²) in [5.74, 6) is -0.105. The maximum atomic E-state index is 11.1. The number of nitrogens with two attached hydrogens (primary N) is 1. The Kier molecular flexibility index (Phi) is 5.82. The predicted molar refractivity (Wildman–Crippen MR) is 80.3 cm³/mol. The van der Waals surface area contributed by atoms with Gasteiger partial charge < -0.3 is 20.5 Å². The second-order valence-electron chi connectivity index (χ2n) is 5.04. The summed E-state index contributed by atoms with van der Waals surface area (Å²) in [4.78, 5) is 13.2. The Morgan fingerprint density at radius 3 is 2.45 bits per heavy atom. The Bertz CT molecular complexity index is 433. The van der Waals surface area contributed by atoms with E-state index >= 15 is 0 Å². The maximum Gasteiger partial charge on any atom is 0.323 e. The number of anilines is 1. The van der Waals surface area contributed by atoms with E-state index in [0.717, 1.165) is 24.4 Å². The molecular formula is C15H24N2O3. The molecule has 1 unspecified atom stereocenters. The highest BCUT2D eigenvalue weighted by Gasteiger charge is 2.31. The molecular weight excluding hydrogens is 256 g/mol. The minimum Gasteiger partial charge on any atom is -0.497 e. The summed E-state index contributed by atoms with van der Waals surface area (Å²) in [6.45, 7) is 2.57. The summed E-state index contributed by atoms with van der Waals surface area (Å²) >= 11 is 0. The zero-order valence-corrected chi connectivity index (χ0v) is 12.4. The van der Waals surface area contributed by atoms with Crippen LogP contribution in [0.3, 0.4) is 0 Å². The number of hydrogen-bond donors (Lipinski definition) is 2. The number of hydrogen-bond acceptors (Lipinski definition) is 4. The molecule has 1 aromatic rings. The quantitative estimate of drug-likeness (QED) is 0.762. The number of rotatable bonds is 8. The predicted octanol–water partition coefficient (Wildman–Crippen LogP) is 2.10. The molecule has 0 saturated carbocycles. The highest BCUT2D eigenvalue weighted by Crippen LogP contribution is 2.20. The number of ether oxygens (including phenoxy) is 1. The Morgan fingerprint density at radius 2 is 2.00 bits per heavy atom. The van der Waals surface area contributed by atoms with E-state index in [1.54, 1.807) is 14.0 Å². The Labute approximate surface area is 120 Å². The van der Waals surface area contributed by atoms with E-state index in [2.05, 4.69) is 4.90 Å². The lowest BCUT2D eigenvalue weighted by Gasteiger charge is -2.25. The van der Waals surface area contributed by atoms with Crippen molar-refractivity contribution in [2.24, 2.45) is 5.73 Å². The molecule has 0 heterocycles. The first-order chi connectivity index (χ1) is 9.42. The molecule has 0 aliphatic rings. The van der Waals surface area contributed by atoms with Gasteiger partial charge in [0.2, 0.25) is 0 Å². The fourth-order valence-corrected chi connectivity index (χ4v) is 2.03. The van der Waals surface area contributed by atoms with Gasteiger partial charge in [-0.2, -0.15) is 0 Å². The van der Waals surface area contributed by atoms with Crippen LogP contribution in [0.15, 0.2) is 24.3 Å². The molecule has 0 saturated heterocycles. The van der Waals surface area contributed by atoms with Crippen molar-refractivity contribution in [2.45, 2.75) is 31.7 Å². The maximum absolute atomic E-state index is 11.1. The summed E-state index contributed by atoms with van der Waals surface area (Å²) in [5, 5.41) is 9.12. The van der Waals surface area contributed by atoms with Crippen LogP contribution in [0.2, 0.25) is 0 Å². The largest absolute Gasteiger partial charge is 0.497 e. The molecule has 1 atom stereocenters. The van der Waals surface area contributed by atoms with Gasteiger partial charge in [0, 0.05) is 19.3 Å². The third-order valence-corrected chi connectivity index (χ3v) is 3.69. The van der Waals surface area contributed by atoms with Gasteiger partial charge in [0.05, 0.1) is 7.11 Å². The monoisotopic (exact) mass is 280 g/mol. The number of aliphatic carboxylic acids is 1. The van der Waals surface area contributed by atoms with Crippen LogP contribution in [-0.2, 0) is 4.79 Å². The van der Waals surface area contributed by atoms with Crippen molar-refractivity contribution in [2.75, 3.05) is 25.6 Å². The third-order valence-electron chi connectivity index (χ3n) is 3.69. The first-order valence-corrected chi connectivity index (χ1v) is 6.80. The van der Waals surface area contributed by atoms with Crippen molar-refractivity contribution in [3.05, 3.63) is 24.3 Å². The topological polar surface area (TPSA) is 75.8 Å². The van der Waals surface area contributed by atoms with Gasteiger partial charge in [-0.3, -0.25) is 4.79 Å². The molecule has 112 valence electrons. The normalized spacial score (nSPS) is 13.6. The van der Waals surface area contributed by atoms with Crippen LogP contribution in [0.1, 0.15) is 26.2 Å². The van der Waals surface area contributed by atoms with Crippen LogP contribution in [0.25, 0.3) is 0 Å². The Morgan fingerprint density at radius 1 is 1.40 bits per heavy atom. The van der Waals surface area contributed by atoms with E-state index < -0.39 is 11.5 Å². The molecule has 5 nitrogen and oxygen atoms in total. The van der Waals surface area contributed by atoms with Crippen LogP contribution in [0, 0.1) is 0 Å². The summed E-state index contributed by atoms with van der Waals surface area (Å²) in [7, 11) is 3.61. The highest BCUT2D eigenvalue weighted by atomic mass is 16.5. The molecule has 0 amide bonds. The van der Waals surface area contributed by atoms with Crippen LogP contribution in [0.4, 0.5) is 5.69 Å². The molecule has 0 radical (unpaired) electrons. The van der Waals surface area contributed by atoms with Crippen molar-refractivity contribution < 1.29 is 14.6 Å². The van der Waals surface area contributed by atoms with E-state index in [4.69, 9.17) is 15.6 Å². The SMILES string of the molecule is CCC(N)(CCCN(C)c1ccc(OC)cc1)C(=O)O. The second-order valence-corrected chi connectivity index (χ2v) is 5.04. The molecule has 20 heavy (non-hydrogen) atoms. The lowest BCUT2D eigenvalue weighted by Crippen LogP contribution is -2.47. The zero-order chi connectivity index (χ0) is 15.2. The zero-order valence-electron chi connectivity index (χ0n) is 12.4. The molecule has 0 aromatic heterocycles. The average molecular weight is 280 g/mol. The second kappa shape index (κ2) is 7.14. The first-order valence-electron chi connectivity index (χ1n) is 6.80. The van der Waals surface area contributed by atoms with Gasteiger partial charge in [0.25, 0.3) is 0 Å². The van der Waals surface area contributed by atoms with E-state index in [1.807, 2.05) is 31.3 Å². The van der Waals surface area contributed by atoms with Crippen LogP contribution in [-0.4, -0.2) is 37.3 Å². The van der Waals surface area contributed by atoms with E-state index in [9.17, 15) is 4.79 Å². The molecule has 3 N–H and O–H groups in total. The molecule has 0 aliphatic heterocycles. The fraction of sp³-hybridized carbons (Fsp3) is 0.533. The highest BCUT2D eigenvalue weighted by molar-refractivity contribution is 5.78. The summed E-state index contributed by atoms with van der Waals surface area (Å²) < 4.78 is 5.12. The molecule has 0 aliphatic carbocycles. The minimum atomic E-state index is -1.11. The lowest BCUT2D eigenvalue weighted by molar-refractivity contribution is -0.143. The van der Waals surface area contributed by atoms with Gasteiger partial charge >= 0.3 is 5.97 Å². The average Bonchev–Trinajstić information content (AvgIpc) is 2.46. The molecule has 5 heteroatoms. The van der Waals surface area contributed by atoms with Gasteiger partial charge in [-0.1, -0.05) is 6.92 Å². The van der Waals surface area contributed by atoms with Crippen molar-refractivity contribution in [3.8, 4) is 5.75 Å². The number of benzene rings is 1. The molecule has 0 spiro atoms. The number of methoxy groups -OCH3 is 1. The number of nitrogens with zero attached hydrogens (tertiary/aromatic N) is 1.